The molecule has 0 radical (unpaired) electrons. The summed E-state index contributed by atoms with van der Waals surface area (Å²) in [7, 11) is 0. The largest absolute Gasteiger partial charge is 0.348 e. The molecule has 18 heavy (non-hydrogen) atoms. The van der Waals surface area contributed by atoms with Crippen LogP contribution in [0.3, 0.4) is 0 Å². The fraction of sp³-hybridized carbons (Fsp3) is 0.500. The predicted octanol–water partition coefficient (Wildman–Crippen LogP) is 2.41. The van der Waals surface area contributed by atoms with E-state index in [9.17, 15) is 4.79 Å². The molecule has 3 nitrogen and oxygen atoms in total. The van der Waals surface area contributed by atoms with Gasteiger partial charge in [0.2, 0.25) is 0 Å². The van der Waals surface area contributed by atoms with Gasteiger partial charge in [-0.25, -0.2) is 0 Å². The van der Waals surface area contributed by atoms with Crippen LogP contribution in [-0.4, -0.2) is 24.2 Å². The van der Waals surface area contributed by atoms with E-state index in [1.54, 1.807) is 11.8 Å². The summed E-state index contributed by atoms with van der Waals surface area (Å²) >= 11 is 1.67. The van der Waals surface area contributed by atoms with Crippen LogP contribution in [0.15, 0.2) is 29.2 Å². The van der Waals surface area contributed by atoms with Crippen molar-refractivity contribution < 1.29 is 4.79 Å². The lowest BCUT2D eigenvalue weighted by Crippen LogP contribution is -2.49. The molecule has 0 heterocycles. The molecule has 1 aliphatic rings. The minimum absolute atomic E-state index is 0.00926. The topological polar surface area (TPSA) is 55.1 Å². The molecule has 2 rings (SSSR count). The van der Waals surface area contributed by atoms with Crippen molar-refractivity contribution in [1.29, 1.82) is 0 Å². The summed E-state index contributed by atoms with van der Waals surface area (Å²) in [6.45, 7) is 0. The summed E-state index contributed by atoms with van der Waals surface area (Å²) < 4.78 is 0. The molecule has 1 aromatic rings. The zero-order valence-electron chi connectivity index (χ0n) is 10.7. The zero-order valence-corrected chi connectivity index (χ0v) is 11.5. The van der Waals surface area contributed by atoms with Gasteiger partial charge in [-0.2, -0.15) is 0 Å². The zero-order chi connectivity index (χ0) is 13.0. The van der Waals surface area contributed by atoms with Crippen molar-refractivity contribution >= 4 is 17.7 Å². The lowest BCUT2D eigenvalue weighted by molar-refractivity contribution is 0.0921. The number of carbonyl (C=O) groups is 1. The van der Waals surface area contributed by atoms with E-state index >= 15 is 0 Å². The van der Waals surface area contributed by atoms with Crippen LogP contribution in [0.1, 0.15) is 36.0 Å². The first-order chi connectivity index (χ1) is 8.70. The van der Waals surface area contributed by atoms with E-state index in [1.807, 2.05) is 30.5 Å². The van der Waals surface area contributed by atoms with Crippen LogP contribution < -0.4 is 11.1 Å². The number of rotatable bonds is 3. The number of benzene rings is 1. The first-order valence-corrected chi connectivity index (χ1v) is 7.63. The third kappa shape index (κ3) is 3.27. The quantitative estimate of drug-likeness (QED) is 0.824. The Balaban J connectivity index is 1.97. The van der Waals surface area contributed by atoms with E-state index in [-0.39, 0.29) is 18.0 Å². The second kappa shape index (κ2) is 6.25. The average molecular weight is 264 g/mol. The fourth-order valence-corrected chi connectivity index (χ4v) is 2.74. The molecule has 0 spiro atoms. The van der Waals surface area contributed by atoms with E-state index in [2.05, 4.69) is 5.32 Å². The van der Waals surface area contributed by atoms with Crippen molar-refractivity contribution in [1.82, 2.24) is 5.32 Å². The molecule has 3 N–H and O–H groups in total. The predicted molar refractivity (Wildman–Crippen MR) is 75.9 cm³/mol. The lowest BCUT2D eigenvalue weighted by atomic mass is 9.91. The van der Waals surface area contributed by atoms with E-state index < -0.39 is 0 Å². The van der Waals surface area contributed by atoms with Crippen molar-refractivity contribution in [3.8, 4) is 0 Å². The summed E-state index contributed by atoms with van der Waals surface area (Å²) in [6, 6.07) is 7.92. The summed E-state index contributed by atoms with van der Waals surface area (Å²) in [4.78, 5) is 13.3. The molecule has 4 heteroatoms. The SMILES string of the molecule is CSc1ccc(C(=O)NC2CCCCC2N)cc1. The highest BCUT2D eigenvalue weighted by Gasteiger charge is 2.23. The Hall–Kier alpha value is -1.00. The van der Waals surface area contributed by atoms with Gasteiger partial charge < -0.3 is 11.1 Å². The Morgan fingerprint density at radius 3 is 2.56 bits per heavy atom. The molecule has 0 aliphatic heterocycles. The van der Waals surface area contributed by atoms with Gasteiger partial charge in [0, 0.05) is 22.5 Å². The fourth-order valence-electron chi connectivity index (χ4n) is 2.33. The molecule has 1 saturated carbocycles. The van der Waals surface area contributed by atoms with Gasteiger partial charge in [0.25, 0.3) is 5.91 Å². The van der Waals surface area contributed by atoms with Gasteiger partial charge in [-0.15, -0.1) is 11.8 Å². The molecule has 2 unspecified atom stereocenters. The van der Waals surface area contributed by atoms with Crippen LogP contribution in [-0.2, 0) is 0 Å². The van der Waals surface area contributed by atoms with Gasteiger partial charge in [0.15, 0.2) is 0 Å². The molecule has 0 saturated heterocycles. The van der Waals surface area contributed by atoms with Crippen molar-refractivity contribution in [2.75, 3.05) is 6.26 Å². The number of carbonyl (C=O) groups excluding carboxylic acids is 1. The van der Waals surface area contributed by atoms with Gasteiger partial charge in [-0.3, -0.25) is 4.79 Å². The summed E-state index contributed by atoms with van der Waals surface area (Å²) in [5.74, 6) is -0.00926. The number of amides is 1. The minimum atomic E-state index is -0.00926. The van der Waals surface area contributed by atoms with Crippen LogP contribution >= 0.6 is 11.8 Å². The Morgan fingerprint density at radius 1 is 1.28 bits per heavy atom. The monoisotopic (exact) mass is 264 g/mol. The van der Waals surface area contributed by atoms with Crippen molar-refractivity contribution in [2.45, 2.75) is 42.7 Å². The van der Waals surface area contributed by atoms with Gasteiger partial charge >= 0.3 is 0 Å². The van der Waals surface area contributed by atoms with E-state index in [1.165, 1.54) is 11.3 Å². The minimum Gasteiger partial charge on any atom is -0.348 e. The standard InChI is InChI=1S/C14H20N2OS/c1-18-11-8-6-10(7-9-11)14(17)16-13-5-3-2-4-12(13)15/h6-9,12-13H,2-5,15H2,1H3,(H,16,17). The van der Waals surface area contributed by atoms with Crippen molar-refractivity contribution in [3.63, 3.8) is 0 Å². The van der Waals surface area contributed by atoms with Gasteiger partial charge in [0.05, 0.1) is 0 Å². The van der Waals surface area contributed by atoms with Gasteiger partial charge in [0.1, 0.15) is 0 Å². The molecule has 1 fully saturated rings. The normalized spacial score (nSPS) is 23.7. The first-order valence-electron chi connectivity index (χ1n) is 6.41. The number of hydrogen-bond donors (Lipinski definition) is 2. The van der Waals surface area contributed by atoms with Crippen LogP contribution in [0, 0.1) is 0 Å². The number of thioether (sulfide) groups is 1. The Bertz CT molecular complexity index is 405. The molecule has 1 amide bonds. The number of nitrogens with one attached hydrogen (secondary N) is 1. The summed E-state index contributed by atoms with van der Waals surface area (Å²) in [6.07, 6.45) is 6.36. The van der Waals surface area contributed by atoms with Crippen LogP contribution in [0.2, 0.25) is 0 Å². The maximum absolute atomic E-state index is 12.1. The third-order valence-electron chi connectivity index (χ3n) is 3.49. The van der Waals surface area contributed by atoms with Crippen molar-refractivity contribution in [3.05, 3.63) is 29.8 Å². The Morgan fingerprint density at radius 2 is 1.94 bits per heavy atom. The van der Waals surface area contributed by atoms with Gasteiger partial charge in [-0.05, 0) is 43.4 Å². The molecule has 2 atom stereocenters. The summed E-state index contributed by atoms with van der Waals surface area (Å²) in [5, 5.41) is 3.05. The smallest absolute Gasteiger partial charge is 0.251 e. The highest BCUT2D eigenvalue weighted by molar-refractivity contribution is 7.98. The second-order valence-corrected chi connectivity index (χ2v) is 5.64. The third-order valence-corrected chi connectivity index (χ3v) is 4.23. The molecular formula is C14H20N2OS. The molecule has 98 valence electrons. The first kappa shape index (κ1) is 13.4. The van der Waals surface area contributed by atoms with E-state index in [0.29, 0.717) is 5.56 Å². The summed E-state index contributed by atoms with van der Waals surface area (Å²) in [5.41, 5.74) is 6.75. The Kier molecular flexibility index (Phi) is 4.66. The van der Waals surface area contributed by atoms with Crippen LogP contribution in [0.5, 0.6) is 0 Å². The second-order valence-electron chi connectivity index (χ2n) is 4.76. The molecule has 1 aliphatic carbocycles. The molecular weight excluding hydrogens is 244 g/mol. The van der Waals surface area contributed by atoms with E-state index in [0.717, 1.165) is 19.3 Å². The van der Waals surface area contributed by atoms with E-state index in [4.69, 9.17) is 5.73 Å². The maximum atomic E-state index is 12.1. The average Bonchev–Trinajstić information content (AvgIpc) is 2.41. The van der Waals surface area contributed by atoms with Crippen LogP contribution in [0.4, 0.5) is 0 Å². The lowest BCUT2D eigenvalue weighted by Gasteiger charge is -2.29. The molecule has 1 aromatic carbocycles. The number of nitrogens with two attached hydrogens (primary N) is 1. The molecule has 0 aromatic heterocycles. The Labute approximate surface area is 113 Å². The highest BCUT2D eigenvalue weighted by Crippen LogP contribution is 2.18. The van der Waals surface area contributed by atoms with Gasteiger partial charge in [-0.1, -0.05) is 12.8 Å². The molecule has 0 bridgehead atoms. The number of hydrogen-bond acceptors (Lipinski definition) is 3. The highest BCUT2D eigenvalue weighted by atomic mass is 32.2. The van der Waals surface area contributed by atoms with Crippen molar-refractivity contribution in [2.24, 2.45) is 5.73 Å². The van der Waals surface area contributed by atoms with Crippen LogP contribution in [0.25, 0.3) is 0 Å². The maximum Gasteiger partial charge on any atom is 0.251 e.